The highest BCUT2D eigenvalue weighted by atomic mass is 35.5. The van der Waals surface area contributed by atoms with Gasteiger partial charge >= 0.3 is 6.18 Å². The number of rotatable bonds is 15. The van der Waals surface area contributed by atoms with E-state index in [2.05, 4.69) is 39.5 Å². The van der Waals surface area contributed by atoms with E-state index in [0.717, 1.165) is 28.3 Å². The topological polar surface area (TPSA) is 54.5 Å². The van der Waals surface area contributed by atoms with Crippen LogP contribution in [0.15, 0.2) is 128 Å². The van der Waals surface area contributed by atoms with Crippen molar-refractivity contribution in [3.63, 3.8) is 0 Å². The van der Waals surface area contributed by atoms with Crippen LogP contribution in [0.1, 0.15) is 45.7 Å². The summed E-state index contributed by atoms with van der Waals surface area (Å²) in [5.74, 6) is 0.525. The van der Waals surface area contributed by atoms with Crippen LogP contribution < -0.4 is 10.1 Å². The van der Waals surface area contributed by atoms with Gasteiger partial charge in [-0.1, -0.05) is 103 Å². The summed E-state index contributed by atoms with van der Waals surface area (Å²) in [5, 5.41) is 2.63. The van der Waals surface area contributed by atoms with Gasteiger partial charge in [-0.05, 0) is 58.5 Å². The lowest BCUT2D eigenvalue weighted by Gasteiger charge is -2.29. The number of nitrogens with one attached hydrogen (secondary N) is 1. The molecule has 1 heterocycles. The molecule has 5 nitrogen and oxygen atoms in total. The number of benzene rings is 4. The van der Waals surface area contributed by atoms with Crippen LogP contribution in [0.5, 0.6) is 5.75 Å². The molecule has 9 heteroatoms. The summed E-state index contributed by atoms with van der Waals surface area (Å²) in [6.07, 6.45) is -0.316. The number of carbonyl (C=O) groups excluding carboxylic acids is 1. The number of hydrogen-bond acceptors (Lipinski definition) is 4. The Morgan fingerprint density at radius 1 is 0.854 bits per heavy atom. The fourth-order valence-corrected chi connectivity index (χ4v) is 5.90. The van der Waals surface area contributed by atoms with Crippen molar-refractivity contribution in [3.8, 4) is 5.75 Å². The zero-order chi connectivity index (χ0) is 33.8. The van der Waals surface area contributed by atoms with Crippen LogP contribution in [-0.4, -0.2) is 35.5 Å². The Balaban J connectivity index is 1.26. The summed E-state index contributed by atoms with van der Waals surface area (Å²) < 4.78 is 47.2. The molecular formula is C39H37ClF3N3O2. The predicted octanol–water partition coefficient (Wildman–Crippen LogP) is 8.72. The van der Waals surface area contributed by atoms with Gasteiger partial charge in [0.05, 0.1) is 23.6 Å². The average molecular weight is 672 g/mol. The van der Waals surface area contributed by atoms with E-state index < -0.39 is 11.7 Å². The van der Waals surface area contributed by atoms with Crippen LogP contribution in [0.3, 0.4) is 0 Å². The van der Waals surface area contributed by atoms with Crippen molar-refractivity contribution in [2.75, 3.05) is 19.7 Å². The second-order valence-electron chi connectivity index (χ2n) is 11.5. The highest BCUT2D eigenvalue weighted by Gasteiger charge is 2.34. The van der Waals surface area contributed by atoms with Gasteiger partial charge in [0, 0.05) is 44.5 Å². The monoisotopic (exact) mass is 671 g/mol. The Bertz CT molecular complexity index is 1700. The van der Waals surface area contributed by atoms with Crippen molar-refractivity contribution in [2.24, 2.45) is 0 Å². The molecule has 1 aromatic heterocycles. The number of alkyl halides is 3. The number of nitrogens with zero attached hydrogens (tertiary/aromatic N) is 2. The molecule has 0 saturated heterocycles. The number of amides is 1. The Hall–Kier alpha value is -4.66. The van der Waals surface area contributed by atoms with Crippen LogP contribution in [0.25, 0.3) is 0 Å². The minimum Gasteiger partial charge on any atom is -0.494 e. The normalized spacial score (nSPS) is 11.5. The van der Waals surface area contributed by atoms with Crippen LogP contribution in [-0.2, 0) is 30.5 Å². The Morgan fingerprint density at radius 2 is 1.54 bits per heavy atom. The summed E-state index contributed by atoms with van der Waals surface area (Å²) in [6.45, 7) is 2.14. The third-order valence-electron chi connectivity index (χ3n) is 7.99. The number of ether oxygens (including phenoxy) is 1. The minimum absolute atomic E-state index is 0.0149. The molecule has 5 aromatic rings. The molecule has 1 N–H and O–H groups in total. The first-order valence-corrected chi connectivity index (χ1v) is 16.2. The first-order valence-electron chi connectivity index (χ1n) is 15.8. The third-order valence-corrected chi connectivity index (χ3v) is 8.43. The highest BCUT2D eigenvalue weighted by molar-refractivity contribution is 6.32. The van der Waals surface area contributed by atoms with E-state index in [1.807, 2.05) is 72.8 Å². The van der Waals surface area contributed by atoms with Gasteiger partial charge in [0.15, 0.2) is 0 Å². The lowest BCUT2D eigenvalue weighted by Crippen LogP contribution is -2.31. The second kappa shape index (κ2) is 16.9. The van der Waals surface area contributed by atoms with Gasteiger partial charge < -0.3 is 10.1 Å². The van der Waals surface area contributed by atoms with Gasteiger partial charge in [0.1, 0.15) is 5.75 Å². The van der Waals surface area contributed by atoms with E-state index in [9.17, 15) is 18.0 Å². The lowest BCUT2D eigenvalue weighted by atomic mass is 9.90. The molecule has 0 aliphatic heterocycles. The summed E-state index contributed by atoms with van der Waals surface area (Å²) >= 11 is 6.35. The molecule has 48 heavy (non-hydrogen) atoms. The molecule has 4 aromatic carbocycles. The smallest absolute Gasteiger partial charge is 0.417 e. The zero-order valence-electron chi connectivity index (χ0n) is 26.4. The van der Waals surface area contributed by atoms with Gasteiger partial charge in [-0.3, -0.25) is 14.7 Å². The molecule has 0 fully saturated rings. The highest BCUT2D eigenvalue weighted by Crippen LogP contribution is 2.37. The molecule has 1 amide bonds. The number of pyridine rings is 1. The van der Waals surface area contributed by atoms with Gasteiger partial charge in [-0.2, -0.15) is 13.2 Å². The fraction of sp³-hybridized carbons (Fsp3) is 0.231. The molecular weight excluding hydrogens is 635 g/mol. The van der Waals surface area contributed by atoms with Gasteiger partial charge in [0.2, 0.25) is 5.91 Å². The van der Waals surface area contributed by atoms with Crippen LogP contribution in [0.4, 0.5) is 13.2 Å². The quantitative estimate of drug-likeness (QED) is 0.113. The number of aromatic nitrogens is 1. The average Bonchev–Trinajstić information content (AvgIpc) is 3.09. The molecule has 0 atom stereocenters. The van der Waals surface area contributed by atoms with Crippen molar-refractivity contribution < 1.29 is 22.7 Å². The largest absolute Gasteiger partial charge is 0.494 e. The molecule has 0 aliphatic carbocycles. The van der Waals surface area contributed by atoms with Crippen LogP contribution in [0, 0.1) is 0 Å². The fourth-order valence-electron chi connectivity index (χ4n) is 5.60. The Morgan fingerprint density at radius 3 is 2.21 bits per heavy atom. The van der Waals surface area contributed by atoms with Crippen molar-refractivity contribution in [3.05, 3.63) is 166 Å². The molecule has 0 unspecified atom stereocenters. The molecule has 0 bridgehead atoms. The molecule has 0 aliphatic rings. The van der Waals surface area contributed by atoms with Crippen LogP contribution in [0.2, 0.25) is 5.02 Å². The van der Waals surface area contributed by atoms with Gasteiger partial charge in [-0.25, -0.2) is 0 Å². The van der Waals surface area contributed by atoms with Gasteiger partial charge in [0.25, 0.3) is 0 Å². The van der Waals surface area contributed by atoms with Crippen molar-refractivity contribution in [1.82, 2.24) is 15.2 Å². The summed E-state index contributed by atoms with van der Waals surface area (Å²) in [4.78, 5) is 18.7. The van der Waals surface area contributed by atoms with E-state index in [4.69, 9.17) is 16.3 Å². The standard InChI is InChI=1S/C39H37ClF3N3O2/c40-38-33(17-8-19-36(38)39(41,42)43)27-46(28-35(31-13-3-1-4-14-31)32-15-5-2-6-16-32)21-10-22-48-34-18-7-11-29(23-34)24-37(47)45-26-30-12-9-20-44-25-30/h1-9,11-20,23,25,35H,10,21-22,24,26-28H2,(H,45,47). The predicted molar refractivity (Wildman–Crippen MR) is 183 cm³/mol. The van der Waals surface area contributed by atoms with E-state index >= 15 is 0 Å². The van der Waals surface area contributed by atoms with E-state index in [0.29, 0.717) is 44.0 Å². The Labute approximate surface area is 284 Å². The maximum atomic E-state index is 13.7. The van der Waals surface area contributed by atoms with Crippen molar-refractivity contribution >= 4 is 17.5 Å². The van der Waals surface area contributed by atoms with E-state index in [-0.39, 0.29) is 29.8 Å². The van der Waals surface area contributed by atoms with Crippen molar-refractivity contribution in [1.29, 1.82) is 0 Å². The Kier molecular flexibility index (Phi) is 12.2. The summed E-state index contributed by atoms with van der Waals surface area (Å²) in [7, 11) is 0. The maximum absolute atomic E-state index is 13.7. The minimum atomic E-state index is -4.54. The SMILES string of the molecule is O=C(Cc1cccc(OCCCN(Cc2cccc(C(F)(F)F)c2Cl)CC(c2ccccc2)c2ccccc2)c1)NCc1cccnc1. The zero-order valence-corrected chi connectivity index (χ0v) is 27.1. The first-order chi connectivity index (χ1) is 23.3. The number of halogens is 4. The van der Waals surface area contributed by atoms with Crippen LogP contribution >= 0.6 is 11.6 Å². The summed E-state index contributed by atoms with van der Waals surface area (Å²) in [6, 6.07) is 35.4. The van der Waals surface area contributed by atoms with E-state index in [1.54, 1.807) is 18.5 Å². The van der Waals surface area contributed by atoms with Gasteiger partial charge in [-0.15, -0.1) is 0 Å². The molecule has 0 radical (unpaired) electrons. The van der Waals surface area contributed by atoms with E-state index in [1.165, 1.54) is 6.07 Å². The molecule has 5 rings (SSSR count). The number of carbonyl (C=O) groups is 1. The molecule has 248 valence electrons. The maximum Gasteiger partial charge on any atom is 0.417 e. The second-order valence-corrected chi connectivity index (χ2v) is 11.9. The lowest BCUT2D eigenvalue weighted by molar-refractivity contribution is -0.137. The van der Waals surface area contributed by atoms with Crippen molar-refractivity contribution in [2.45, 2.75) is 38.0 Å². The number of hydrogen-bond donors (Lipinski definition) is 1. The summed E-state index contributed by atoms with van der Waals surface area (Å²) in [5.41, 5.74) is 3.56. The molecule has 0 spiro atoms. The molecule has 0 saturated carbocycles. The third kappa shape index (κ3) is 10.2. The first kappa shape index (κ1) is 34.7.